The highest BCUT2D eigenvalue weighted by atomic mass is 19.1. The van der Waals surface area contributed by atoms with E-state index in [2.05, 4.69) is 10.3 Å². The average molecular weight is 492 g/mol. The molecule has 3 aromatic rings. The van der Waals surface area contributed by atoms with Crippen LogP contribution in [-0.4, -0.2) is 47.2 Å². The van der Waals surface area contributed by atoms with Gasteiger partial charge in [-0.3, -0.25) is 9.78 Å². The molecule has 0 spiro atoms. The summed E-state index contributed by atoms with van der Waals surface area (Å²) >= 11 is 0. The summed E-state index contributed by atoms with van der Waals surface area (Å²) in [5.41, 5.74) is 2.99. The molecule has 0 radical (unpaired) electrons. The van der Waals surface area contributed by atoms with Crippen LogP contribution in [-0.2, 0) is 10.3 Å². The van der Waals surface area contributed by atoms with Gasteiger partial charge in [0.25, 0.3) is 5.91 Å². The number of halogens is 1. The minimum Gasteiger partial charge on any atom is -0.438 e. The summed E-state index contributed by atoms with van der Waals surface area (Å²) in [6.07, 6.45) is 4.24. The smallest absolute Gasteiger partial charge is 0.411 e. The minimum atomic E-state index is -0.892. The van der Waals surface area contributed by atoms with Crippen molar-refractivity contribution in [2.75, 3.05) is 20.2 Å². The first-order valence-corrected chi connectivity index (χ1v) is 12.0. The van der Waals surface area contributed by atoms with E-state index in [0.29, 0.717) is 31.4 Å². The zero-order chi connectivity index (χ0) is 25.7. The lowest BCUT2D eigenvalue weighted by Crippen LogP contribution is -2.48. The van der Waals surface area contributed by atoms with Crippen molar-refractivity contribution < 1.29 is 23.8 Å². The van der Waals surface area contributed by atoms with Crippen molar-refractivity contribution in [1.82, 2.24) is 15.2 Å². The van der Waals surface area contributed by atoms with E-state index in [1.807, 2.05) is 31.2 Å². The summed E-state index contributed by atoms with van der Waals surface area (Å²) in [4.78, 5) is 30.9. The SMILES string of the molecule is CNC(=O)c1cncc(-c2ccc([C@H](C)N3CC[C@](CCCO)(c4ccc(F)cc4)OC3=O)cc2)c1. The molecule has 2 heterocycles. The Morgan fingerprint density at radius 2 is 1.89 bits per heavy atom. The fourth-order valence-electron chi connectivity index (χ4n) is 4.66. The minimum absolute atomic E-state index is 0.0193. The van der Waals surface area contributed by atoms with Gasteiger partial charge in [-0.05, 0) is 54.7 Å². The number of carbonyl (C=O) groups excluding carboxylic acids is 2. The fourth-order valence-corrected chi connectivity index (χ4v) is 4.66. The van der Waals surface area contributed by atoms with Crippen LogP contribution in [0.25, 0.3) is 11.1 Å². The van der Waals surface area contributed by atoms with E-state index >= 15 is 0 Å². The number of carbonyl (C=O) groups is 2. The van der Waals surface area contributed by atoms with Crippen molar-refractivity contribution in [3.8, 4) is 11.1 Å². The molecule has 1 aliphatic rings. The molecular formula is C28H30FN3O4. The molecule has 1 aromatic heterocycles. The van der Waals surface area contributed by atoms with Gasteiger partial charge < -0.3 is 20.1 Å². The van der Waals surface area contributed by atoms with E-state index in [4.69, 9.17) is 4.74 Å². The third-order valence-electron chi connectivity index (χ3n) is 6.80. The highest BCUT2D eigenvalue weighted by Crippen LogP contribution is 2.40. The zero-order valence-electron chi connectivity index (χ0n) is 20.4. The molecule has 2 N–H and O–H groups in total. The van der Waals surface area contributed by atoms with E-state index in [-0.39, 0.29) is 24.4 Å². The van der Waals surface area contributed by atoms with Gasteiger partial charge in [0.05, 0.1) is 11.6 Å². The lowest BCUT2D eigenvalue weighted by molar-refractivity contribution is -0.0680. The van der Waals surface area contributed by atoms with Crippen LogP contribution < -0.4 is 5.32 Å². The molecule has 2 atom stereocenters. The monoisotopic (exact) mass is 491 g/mol. The second kappa shape index (κ2) is 10.9. The Kier molecular flexibility index (Phi) is 7.64. The van der Waals surface area contributed by atoms with Crippen LogP contribution >= 0.6 is 0 Å². The number of aliphatic hydroxyl groups excluding tert-OH is 1. The third-order valence-corrected chi connectivity index (χ3v) is 6.80. The summed E-state index contributed by atoms with van der Waals surface area (Å²) in [6.45, 7) is 2.39. The number of nitrogens with zero attached hydrogens (tertiary/aromatic N) is 2. The molecule has 7 nitrogen and oxygen atoms in total. The van der Waals surface area contributed by atoms with Crippen LogP contribution in [0.5, 0.6) is 0 Å². The van der Waals surface area contributed by atoms with Gasteiger partial charge in [-0.25, -0.2) is 9.18 Å². The zero-order valence-corrected chi connectivity index (χ0v) is 20.4. The van der Waals surface area contributed by atoms with Gasteiger partial charge in [-0.1, -0.05) is 36.4 Å². The molecule has 2 aromatic carbocycles. The normalized spacial score (nSPS) is 18.4. The first-order valence-electron chi connectivity index (χ1n) is 12.0. The number of aliphatic hydroxyl groups is 1. The Balaban J connectivity index is 1.50. The van der Waals surface area contributed by atoms with Crippen LogP contribution in [0, 0.1) is 5.82 Å². The summed E-state index contributed by atoms with van der Waals surface area (Å²) in [5.74, 6) is -0.554. The van der Waals surface area contributed by atoms with Gasteiger partial charge >= 0.3 is 6.09 Å². The fraction of sp³-hybridized carbons (Fsp3) is 0.321. The van der Waals surface area contributed by atoms with Crippen molar-refractivity contribution >= 4 is 12.0 Å². The first kappa shape index (κ1) is 25.3. The number of pyridine rings is 1. The van der Waals surface area contributed by atoms with E-state index in [1.54, 1.807) is 36.3 Å². The highest BCUT2D eigenvalue weighted by molar-refractivity contribution is 5.94. The van der Waals surface area contributed by atoms with Crippen molar-refractivity contribution in [3.05, 3.63) is 89.5 Å². The molecule has 0 saturated carbocycles. The number of hydrogen-bond acceptors (Lipinski definition) is 5. The lowest BCUT2D eigenvalue weighted by atomic mass is 9.84. The maximum Gasteiger partial charge on any atom is 0.411 e. The van der Waals surface area contributed by atoms with Crippen LogP contribution in [0.3, 0.4) is 0 Å². The second-order valence-corrected chi connectivity index (χ2v) is 8.98. The number of rotatable bonds is 8. The van der Waals surface area contributed by atoms with E-state index < -0.39 is 11.7 Å². The Morgan fingerprint density at radius 1 is 1.17 bits per heavy atom. The van der Waals surface area contributed by atoms with Gasteiger partial charge in [0.15, 0.2) is 0 Å². The average Bonchev–Trinajstić information content (AvgIpc) is 2.91. The Bertz CT molecular complexity index is 1220. The number of benzene rings is 2. The largest absolute Gasteiger partial charge is 0.438 e. The molecule has 1 fully saturated rings. The molecule has 8 heteroatoms. The Labute approximate surface area is 209 Å². The van der Waals surface area contributed by atoms with Crippen LogP contribution in [0.4, 0.5) is 9.18 Å². The first-order chi connectivity index (χ1) is 17.4. The summed E-state index contributed by atoms with van der Waals surface area (Å²) in [7, 11) is 1.58. The van der Waals surface area contributed by atoms with Crippen LogP contribution in [0.1, 0.15) is 53.7 Å². The lowest BCUT2D eigenvalue weighted by Gasteiger charge is -2.43. The van der Waals surface area contributed by atoms with Gasteiger partial charge in [0.1, 0.15) is 11.4 Å². The highest BCUT2D eigenvalue weighted by Gasteiger charge is 2.43. The standard InChI is InChI=1S/C28H30FN3O4/c1-19(20-4-6-21(7-5-20)22-16-23(18-31-17-22)26(34)30-2)32-14-13-28(12-3-15-33,36-27(32)35)24-8-10-25(29)11-9-24/h4-11,16-19,33H,3,12-15H2,1-2H3,(H,30,34)/t19-,28+/m0/s1. The number of ether oxygens (including phenoxy) is 1. The van der Waals surface area contributed by atoms with E-state index in [1.165, 1.54) is 18.3 Å². The second-order valence-electron chi connectivity index (χ2n) is 8.98. The molecule has 4 rings (SSSR count). The third kappa shape index (κ3) is 5.23. The van der Waals surface area contributed by atoms with Crippen LogP contribution in [0.15, 0.2) is 67.0 Å². The number of aromatic nitrogens is 1. The van der Waals surface area contributed by atoms with Gasteiger partial charge in [0, 0.05) is 44.6 Å². The number of nitrogens with one attached hydrogen (secondary N) is 1. The summed E-state index contributed by atoms with van der Waals surface area (Å²) in [5, 5.41) is 12.0. The Morgan fingerprint density at radius 3 is 2.53 bits per heavy atom. The quantitative estimate of drug-likeness (QED) is 0.472. The van der Waals surface area contributed by atoms with E-state index in [0.717, 1.165) is 22.3 Å². The molecule has 0 bridgehead atoms. The van der Waals surface area contributed by atoms with Gasteiger partial charge in [0.2, 0.25) is 0 Å². The summed E-state index contributed by atoms with van der Waals surface area (Å²) < 4.78 is 19.5. The maximum atomic E-state index is 13.5. The predicted octanol–water partition coefficient (Wildman–Crippen LogP) is 4.82. The molecule has 1 saturated heterocycles. The molecule has 188 valence electrons. The van der Waals surface area contributed by atoms with Crippen molar-refractivity contribution in [2.24, 2.45) is 0 Å². The summed E-state index contributed by atoms with van der Waals surface area (Å²) in [6, 6.07) is 15.4. The molecule has 1 aliphatic heterocycles. The molecule has 0 unspecified atom stereocenters. The molecule has 36 heavy (non-hydrogen) atoms. The molecular weight excluding hydrogens is 461 g/mol. The van der Waals surface area contributed by atoms with Crippen LogP contribution in [0.2, 0.25) is 0 Å². The van der Waals surface area contributed by atoms with Gasteiger partial charge in [-0.15, -0.1) is 0 Å². The van der Waals surface area contributed by atoms with Gasteiger partial charge in [-0.2, -0.15) is 0 Å². The number of cyclic esters (lactones) is 1. The number of amides is 2. The topological polar surface area (TPSA) is 91.8 Å². The van der Waals surface area contributed by atoms with Crippen molar-refractivity contribution in [2.45, 2.75) is 37.8 Å². The van der Waals surface area contributed by atoms with Crippen molar-refractivity contribution in [1.29, 1.82) is 0 Å². The van der Waals surface area contributed by atoms with E-state index in [9.17, 15) is 19.1 Å². The maximum absolute atomic E-state index is 13.5. The molecule has 0 aliphatic carbocycles. The number of hydrogen-bond donors (Lipinski definition) is 2. The molecule has 2 amide bonds. The van der Waals surface area contributed by atoms with Crippen molar-refractivity contribution in [3.63, 3.8) is 0 Å². The predicted molar refractivity (Wildman–Crippen MR) is 134 cm³/mol. The Hall–Kier alpha value is -3.78.